The number of aliphatic carboxylic acids is 1. The zero-order chi connectivity index (χ0) is 42.8. The summed E-state index contributed by atoms with van der Waals surface area (Å²) in [6.07, 6.45) is 34.9. The van der Waals surface area contributed by atoms with E-state index in [2.05, 4.69) is 19.2 Å². The molecule has 0 heterocycles. The molecule has 342 valence electrons. The fraction of sp³-hybridized carbons (Fsp3) is 0.911. The molecule has 0 aromatic rings. The number of hydrogen-bond donors (Lipinski definition) is 1. The Labute approximate surface area is 353 Å². The van der Waals surface area contributed by atoms with Gasteiger partial charge in [-0.05, 0) is 19.3 Å². The third-order valence-corrected chi connectivity index (χ3v) is 11.3. The number of hydrogen-bond acceptors (Lipinski definition) is 11. The Hall–Kier alpha value is -2.01. The second-order valence-electron chi connectivity index (χ2n) is 16.0. The average Bonchev–Trinajstić information content (AvgIpc) is 3.19. The van der Waals surface area contributed by atoms with Crippen LogP contribution in [0.3, 0.4) is 0 Å². The summed E-state index contributed by atoms with van der Waals surface area (Å²) in [5.74, 6) is -2.94. The summed E-state index contributed by atoms with van der Waals surface area (Å²) in [5.41, 5.74) is 0. The number of carbonyl (C=O) groups is 4. The highest BCUT2D eigenvalue weighted by Gasteiger charge is 2.21. The van der Waals surface area contributed by atoms with E-state index in [-0.39, 0.29) is 32.4 Å². The minimum absolute atomic E-state index is 0.158. The number of unbranched alkanes of at least 4 members (excludes halogenated alkanes) is 28. The Morgan fingerprint density at radius 3 is 1.28 bits per heavy atom. The van der Waals surface area contributed by atoms with E-state index >= 15 is 0 Å². The van der Waals surface area contributed by atoms with E-state index in [0.717, 1.165) is 38.5 Å². The second-order valence-corrected chi connectivity index (χ2v) is 17.4. The van der Waals surface area contributed by atoms with E-state index in [9.17, 15) is 33.7 Å². The SMILES string of the molecule is CCCCCCCCCCCCCCCCCC(=O)OC[C@H](COP(=O)([O-])OCCNC(=O)CCC(=O)[O-])OC(=O)CCCCCCCCCCCCCCCCC. The lowest BCUT2D eigenvalue weighted by atomic mass is 10.0. The van der Waals surface area contributed by atoms with Crippen LogP contribution in [-0.2, 0) is 42.3 Å². The summed E-state index contributed by atoms with van der Waals surface area (Å²) in [5, 5.41) is 12.8. The predicted molar refractivity (Wildman–Crippen MR) is 227 cm³/mol. The van der Waals surface area contributed by atoms with E-state index in [0.29, 0.717) is 12.8 Å². The fourth-order valence-electron chi connectivity index (χ4n) is 6.76. The number of carbonyl (C=O) groups excluding carboxylic acids is 4. The molecule has 1 amide bonds. The van der Waals surface area contributed by atoms with Crippen LogP contribution in [0.15, 0.2) is 0 Å². The molecule has 0 fully saturated rings. The lowest BCUT2D eigenvalue weighted by Crippen LogP contribution is -2.31. The molecule has 0 spiro atoms. The molecule has 1 N–H and O–H groups in total. The number of carboxylic acids is 1. The van der Waals surface area contributed by atoms with Gasteiger partial charge >= 0.3 is 11.9 Å². The van der Waals surface area contributed by atoms with Gasteiger partial charge in [0.25, 0.3) is 7.82 Å². The van der Waals surface area contributed by atoms with Gasteiger partial charge in [-0.2, -0.15) is 0 Å². The van der Waals surface area contributed by atoms with Gasteiger partial charge in [0.2, 0.25) is 5.91 Å². The Bertz CT molecular complexity index is 1040. The maximum atomic E-state index is 12.7. The summed E-state index contributed by atoms with van der Waals surface area (Å²) in [6.45, 7) is 2.89. The quantitative estimate of drug-likeness (QED) is 0.0350. The number of ether oxygens (including phenoxy) is 2. The molecule has 58 heavy (non-hydrogen) atoms. The second kappa shape index (κ2) is 41.7. The van der Waals surface area contributed by atoms with Crippen molar-refractivity contribution in [2.75, 3.05) is 26.4 Å². The molecule has 13 heteroatoms. The van der Waals surface area contributed by atoms with Crippen LogP contribution in [-0.4, -0.2) is 56.3 Å². The van der Waals surface area contributed by atoms with Crippen LogP contribution in [0.4, 0.5) is 0 Å². The third kappa shape index (κ3) is 42.1. The first-order chi connectivity index (χ1) is 28.1. The van der Waals surface area contributed by atoms with Gasteiger partial charge in [0.05, 0.1) is 13.2 Å². The standard InChI is InChI=1S/C45H86NO11P/c1-3-5-7-9-11-13-15-17-19-21-23-25-27-29-31-33-44(50)54-39-41(40-56-58(52,53)55-38-37-46-42(47)35-36-43(48)49)57-45(51)34-32-30-28-26-24-22-20-18-16-14-12-10-8-6-4-2/h41H,3-40H2,1-2H3,(H,46,47)(H,48,49)(H,52,53)/p-2/t41-/m1/s1. The van der Waals surface area contributed by atoms with Crippen molar-refractivity contribution in [1.29, 1.82) is 0 Å². The Kier molecular flexibility index (Phi) is 40.3. The van der Waals surface area contributed by atoms with Crippen molar-refractivity contribution in [3.8, 4) is 0 Å². The summed E-state index contributed by atoms with van der Waals surface area (Å²) in [6, 6.07) is 0. The molecule has 2 atom stereocenters. The summed E-state index contributed by atoms with van der Waals surface area (Å²) in [4.78, 5) is 59.6. The average molecular weight is 846 g/mol. The minimum Gasteiger partial charge on any atom is -0.756 e. The molecule has 0 aliphatic carbocycles. The maximum absolute atomic E-state index is 12.7. The van der Waals surface area contributed by atoms with Gasteiger partial charge in [0.15, 0.2) is 6.10 Å². The van der Waals surface area contributed by atoms with E-state index in [4.69, 9.17) is 18.5 Å². The van der Waals surface area contributed by atoms with Crippen LogP contribution in [0.25, 0.3) is 0 Å². The summed E-state index contributed by atoms with van der Waals surface area (Å²) >= 11 is 0. The molecule has 0 bridgehead atoms. The molecular formula is C45H84NO11P-2. The van der Waals surface area contributed by atoms with Crippen molar-refractivity contribution in [2.24, 2.45) is 0 Å². The van der Waals surface area contributed by atoms with Crippen LogP contribution in [0.2, 0.25) is 0 Å². The first kappa shape index (κ1) is 56.0. The van der Waals surface area contributed by atoms with Crippen molar-refractivity contribution in [2.45, 2.75) is 238 Å². The van der Waals surface area contributed by atoms with Gasteiger partial charge in [0, 0.05) is 31.8 Å². The number of phosphoric ester groups is 1. The number of nitrogens with one attached hydrogen (secondary N) is 1. The molecule has 0 saturated carbocycles. The van der Waals surface area contributed by atoms with Gasteiger partial charge in [-0.3, -0.25) is 18.9 Å². The smallest absolute Gasteiger partial charge is 0.306 e. The highest BCUT2D eigenvalue weighted by atomic mass is 31.2. The molecule has 0 aromatic carbocycles. The molecule has 0 aromatic heterocycles. The fourth-order valence-corrected chi connectivity index (χ4v) is 7.50. The topological polar surface area (TPSA) is 180 Å². The molecule has 0 rings (SSSR count). The molecule has 0 aliphatic rings. The maximum Gasteiger partial charge on any atom is 0.306 e. The molecular weight excluding hydrogens is 761 g/mol. The van der Waals surface area contributed by atoms with Crippen molar-refractivity contribution < 1.29 is 52.3 Å². The van der Waals surface area contributed by atoms with Crippen LogP contribution in [0, 0.1) is 0 Å². The van der Waals surface area contributed by atoms with Crippen LogP contribution in [0.5, 0.6) is 0 Å². The Balaban J connectivity index is 4.44. The number of carboxylic acid groups (broad SMARTS) is 1. The molecule has 0 radical (unpaired) electrons. The number of rotatable bonds is 45. The minimum atomic E-state index is -4.87. The lowest BCUT2D eigenvalue weighted by molar-refractivity contribution is -0.305. The highest BCUT2D eigenvalue weighted by molar-refractivity contribution is 7.45. The van der Waals surface area contributed by atoms with Gasteiger partial charge in [-0.1, -0.05) is 194 Å². The van der Waals surface area contributed by atoms with E-state index in [1.807, 2.05) is 0 Å². The van der Waals surface area contributed by atoms with Gasteiger partial charge in [-0.25, -0.2) is 0 Å². The van der Waals surface area contributed by atoms with E-state index < -0.39 is 57.4 Å². The molecule has 12 nitrogen and oxygen atoms in total. The lowest BCUT2D eigenvalue weighted by Gasteiger charge is -2.25. The number of esters is 2. The molecule has 0 aliphatic heterocycles. The summed E-state index contributed by atoms with van der Waals surface area (Å²) in [7, 11) is -4.87. The zero-order valence-corrected chi connectivity index (χ0v) is 37.8. The first-order valence-corrected chi connectivity index (χ1v) is 25.0. The van der Waals surface area contributed by atoms with Gasteiger partial charge in [0.1, 0.15) is 6.61 Å². The summed E-state index contributed by atoms with van der Waals surface area (Å²) < 4.78 is 32.9. The van der Waals surface area contributed by atoms with Crippen LogP contribution < -0.4 is 15.3 Å². The van der Waals surface area contributed by atoms with Crippen LogP contribution in [0.1, 0.15) is 232 Å². The zero-order valence-electron chi connectivity index (χ0n) is 36.9. The largest absolute Gasteiger partial charge is 0.756 e. The number of amides is 1. The van der Waals surface area contributed by atoms with Gasteiger partial charge < -0.3 is 38.6 Å². The Morgan fingerprint density at radius 2 is 0.879 bits per heavy atom. The van der Waals surface area contributed by atoms with Gasteiger partial charge in [-0.15, -0.1) is 0 Å². The first-order valence-electron chi connectivity index (χ1n) is 23.5. The third-order valence-electron chi connectivity index (χ3n) is 10.3. The van der Waals surface area contributed by atoms with E-state index in [1.54, 1.807) is 0 Å². The van der Waals surface area contributed by atoms with Crippen molar-refractivity contribution >= 4 is 31.6 Å². The predicted octanol–water partition coefficient (Wildman–Crippen LogP) is 10.1. The number of phosphoric acid groups is 1. The molecule has 1 unspecified atom stereocenters. The Morgan fingerprint density at radius 1 is 0.500 bits per heavy atom. The van der Waals surface area contributed by atoms with Crippen molar-refractivity contribution in [3.63, 3.8) is 0 Å². The highest BCUT2D eigenvalue weighted by Crippen LogP contribution is 2.38. The molecule has 0 saturated heterocycles. The van der Waals surface area contributed by atoms with Crippen LogP contribution >= 0.6 is 7.82 Å². The van der Waals surface area contributed by atoms with Crippen molar-refractivity contribution in [1.82, 2.24) is 5.32 Å². The monoisotopic (exact) mass is 846 g/mol. The normalized spacial score (nSPS) is 12.9. The van der Waals surface area contributed by atoms with Crippen molar-refractivity contribution in [3.05, 3.63) is 0 Å². The van der Waals surface area contributed by atoms with E-state index in [1.165, 1.54) is 141 Å².